The highest BCUT2D eigenvalue weighted by molar-refractivity contribution is 6.32. The molecule has 3 aromatic rings. The van der Waals surface area contributed by atoms with Crippen LogP contribution in [-0.2, 0) is 20.7 Å². The number of anilines is 1. The van der Waals surface area contributed by atoms with Gasteiger partial charge in [0.05, 0.1) is 11.3 Å². The minimum atomic E-state index is -1.28. The third kappa shape index (κ3) is 5.44. The second-order valence-electron chi connectivity index (χ2n) is 7.35. The van der Waals surface area contributed by atoms with E-state index >= 15 is 0 Å². The number of rotatable bonds is 7. The molecule has 1 heterocycles. The van der Waals surface area contributed by atoms with Crippen molar-refractivity contribution in [3.8, 4) is 11.5 Å². The minimum absolute atomic E-state index is 0.0616. The molecule has 1 aliphatic rings. The van der Waals surface area contributed by atoms with Crippen molar-refractivity contribution in [2.24, 2.45) is 0 Å². The lowest BCUT2D eigenvalue weighted by atomic mass is 10.1. The van der Waals surface area contributed by atoms with Crippen LogP contribution in [0.1, 0.15) is 17.2 Å². The van der Waals surface area contributed by atoms with Crippen LogP contribution in [-0.4, -0.2) is 30.0 Å². The predicted octanol–water partition coefficient (Wildman–Crippen LogP) is 4.49. The van der Waals surface area contributed by atoms with Crippen molar-refractivity contribution in [1.82, 2.24) is 0 Å². The number of halogens is 1. The summed E-state index contributed by atoms with van der Waals surface area (Å²) in [6, 6.07) is 17.5. The highest BCUT2D eigenvalue weighted by atomic mass is 35.5. The Kier molecular flexibility index (Phi) is 6.93. The number of carbonyl (C=O) groups is 2. The van der Waals surface area contributed by atoms with Crippen molar-refractivity contribution in [1.29, 1.82) is 0 Å². The van der Waals surface area contributed by atoms with Crippen molar-refractivity contribution in [2.45, 2.75) is 12.5 Å². The monoisotopic (exact) mass is 482 g/mol. The summed E-state index contributed by atoms with van der Waals surface area (Å²) in [4.78, 5) is 36.3. The number of benzene rings is 3. The minimum Gasteiger partial charge on any atom is -0.486 e. The first-order valence-corrected chi connectivity index (χ1v) is 10.7. The number of ether oxygens (including phenoxy) is 3. The van der Waals surface area contributed by atoms with Gasteiger partial charge in [-0.1, -0.05) is 48.0 Å². The van der Waals surface area contributed by atoms with Gasteiger partial charge >= 0.3 is 5.97 Å². The summed E-state index contributed by atoms with van der Waals surface area (Å²) in [6.45, 7) is 0.874. The molecule has 1 atom stereocenters. The van der Waals surface area contributed by atoms with Gasteiger partial charge in [0.1, 0.15) is 18.2 Å². The molecule has 0 saturated heterocycles. The lowest BCUT2D eigenvalue weighted by Gasteiger charge is -2.20. The Bertz CT molecular complexity index is 1230. The average molecular weight is 483 g/mol. The zero-order valence-corrected chi connectivity index (χ0v) is 18.5. The first-order chi connectivity index (χ1) is 16.4. The smallest absolute Gasteiger partial charge is 0.311 e. The molecule has 9 nitrogen and oxygen atoms in total. The molecule has 34 heavy (non-hydrogen) atoms. The molecule has 1 unspecified atom stereocenters. The van der Waals surface area contributed by atoms with Crippen molar-refractivity contribution in [3.63, 3.8) is 0 Å². The summed E-state index contributed by atoms with van der Waals surface area (Å²) in [5.41, 5.74) is 0.866. The lowest BCUT2D eigenvalue weighted by Crippen LogP contribution is -2.26. The molecular formula is C24H19ClN2O7. The number of carbonyl (C=O) groups excluding carboxylic acids is 2. The summed E-state index contributed by atoms with van der Waals surface area (Å²) in [7, 11) is 0. The van der Waals surface area contributed by atoms with Crippen LogP contribution >= 0.6 is 11.6 Å². The second kappa shape index (κ2) is 10.2. The Morgan fingerprint density at radius 3 is 2.50 bits per heavy atom. The van der Waals surface area contributed by atoms with E-state index in [-0.39, 0.29) is 22.8 Å². The summed E-state index contributed by atoms with van der Waals surface area (Å²) in [5, 5.41) is 13.6. The quantitative estimate of drug-likeness (QED) is 0.299. The van der Waals surface area contributed by atoms with Gasteiger partial charge in [-0.05, 0) is 29.8 Å². The number of amides is 1. The van der Waals surface area contributed by atoms with E-state index in [9.17, 15) is 19.7 Å². The molecule has 1 amide bonds. The molecule has 0 saturated carbocycles. The Balaban J connectivity index is 1.51. The largest absolute Gasteiger partial charge is 0.486 e. The maximum atomic E-state index is 13.0. The van der Waals surface area contributed by atoms with Crippen LogP contribution in [0.4, 0.5) is 11.4 Å². The fourth-order valence-electron chi connectivity index (χ4n) is 3.38. The third-order valence-electron chi connectivity index (χ3n) is 4.96. The number of hydrogen-bond acceptors (Lipinski definition) is 7. The van der Waals surface area contributed by atoms with E-state index in [4.69, 9.17) is 25.8 Å². The van der Waals surface area contributed by atoms with Gasteiger partial charge in [-0.25, -0.2) is 0 Å². The van der Waals surface area contributed by atoms with Crippen molar-refractivity contribution in [2.75, 3.05) is 18.5 Å². The Labute approximate surface area is 199 Å². The molecule has 0 radical (unpaired) electrons. The standard InChI is InChI=1S/C24H19ClN2O7/c25-18-8-7-17(14-19(18)27(30)31)26-24(29)23(16-4-2-1-3-5-16)34-22(28)13-15-6-9-20-21(12-15)33-11-10-32-20/h1-9,12,14,23H,10-11,13H2,(H,26,29). The number of nitro benzene ring substituents is 1. The molecule has 174 valence electrons. The molecule has 1 aliphatic heterocycles. The van der Waals surface area contributed by atoms with Gasteiger partial charge in [0.25, 0.3) is 11.6 Å². The molecule has 3 aromatic carbocycles. The molecule has 10 heteroatoms. The molecule has 1 N–H and O–H groups in total. The zero-order chi connectivity index (χ0) is 24.1. The van der Waals surface area contributed by atoms with Gasteiger partial charge in [-0.3, -0.25) is 19.7 Å². The number of nitrogens with one attached hydrogen (secondary N) is 1. The fourth-order valence-corrected chi connectivity index (χ4v) is 3.56. The van der Waals surface area contributed by atoms with E-state index < -0.39 is 22.9 Å². The summed E-state index contributed by atoms with van der Waals surface area (Å²) < 4.78 is 16.6. The summed E-state index contributed by atoms with van der Waals surface area (Å²) >= 11 is 5.84. The summed E-state index contributed by atoms with van der Waals surface area (Å²) in [5.74, 6) is -0.165. The SMILES string of the molecule is O=C(Cc1ccc2c(c1)OCCO2)OC(C(=O)Nc1ccc(Cl)c([N+](=O)[O-])c1)c1ccccc1. The van der Waals surface area contributed by atoms with Crippen LogP contribution < -0.4 is 14.8 Å². The van der Waals surface area contributed by atoms with Gasteiger partial charge in [-0.15, -0.1) is 0 Å². The number of hydrogen-bond donors (Lipinski definition) is 1. The van der Waals surface area contributed by atoms with Gasteiger partial charge < -0.3 is 19.5 Å². The van der Waals surface area contributed by atoms with E-state index in [2.05, 4.69) is 5.32 Å². The number of nitro groups is 1. The number of nitrogens with zero attached hydrogens (tertiary/aromatic N) is 1. The molecule has 0 aromatic heterocycles. The van der Waals surface area contributed by atoms with E-state index in [1.54, 1.807) is 48.5 Å². The van der Waals surface area contributed by atoms with Gasteiger partial charge in [0, 0.05) is 17.3 Å². The average Bonchev–Trinajstić information content (AvgIpc) is 2.84. The van der Waals surface area contributed by atoms with Gasteiger partial charge in [-0.2, -0.15) is 0 Å². The maximum absolute atomic E-state index is 13.0. The molecule has 0 bridgehead atoms. The van der Waals surface area contributed by atoms with Gasteiger partial charge in [0.2, 0.25) is 6.10 Å². The normalized spacial score (nSPS) is 13.0. The van der Waals surface area contributed by atoms with E-state index in [0.717, 1.165) is 6.07 Å². The zero-order valence-electron chi connectivity index (χ0n) is 17.7. The van der Waals surface area contributed by atoms with Crippen molar-refractivity contribution < 1.29 is 28.7 Å². The molecule has 0 fully saturated rings. The van der Waals surface area contributed by atoms with Crippen molar-refractivity contribution in [3.05, 3.63) is 93.0 Å². The van der Waals surface area contributed by atoms with Crippen LogP contribution in [0.2, 0.25) is 5.02 Å². The Morgan fingerprint density at radius 1 is 1.03 bits per heavy atom. The third-order valence-corrected chi connectivity index (χ3v) is 5.27. The van der Waals surface area contributed by atoms with Gasteiger partial charge in [0.15, 0.2) is 11.5 Å². The molecule has 0 spiro atoms. The highest BCUT2D eigenvalue weighted by Gasteiger charge is 2.26. The topological polar surface area (TPSA) is 117 Å². The molecular weight excluding hydrogens is 464 g/mol. The van der Waals surface area contributed by atoms with Crippen LogP contribution in [0.3, 0.4) is 0 Å². The molecule has 0 aliphatic carbocycles. The first kappa shape index (κ1) is 23.1. The maximum Gasteiger partial charge on any atom is 0.311 e. The Morgan fingerprint density at radius 2 is 1.76 bits per heavy atom. The van der Waals surface area contributed by atoms with Crippen LogP contribution in [0.25, 0.3) is 0 Å². The van der Waals surface area contributed by atoms with E-state index in [1.807, 2.05) is 0 Å². The van der Waals surface area contributed by atoms with Crippen LogP contribution in [0, 0.1) is 10.1 Å². The second-order valence-corrected chi connectivity index (χ2v) is 7.76. The van der Waals surface area contributed by atoms with E-state index in [1.165, 1.54) is 12.1 Å². The predicted molar refractivity (Wildman–Crippen MR) is 123 cm³/mol. The highest BCUT2D eigenvalue weighted by Crippen LogP contribution is 2.32. The number of fused-ring (bicyclic) bond motifs is 1. The number of esters is 1. The fraction of sp³-hybridized carbons (Fsp3) is 0.167. The van der Waals surface area contributed by atoms with Crippen molar-refractivity contribution >= 4 is 34.9 Å². The lowest BCUT2D eigenvalue weighted by molar-refractivity contribution is -0.384. The van der Waals surface area contributed by atoms with Crippen LogP contribution in [0.5, 0.6) is 11.5 Å². The van der Waals surface area contributed by atoms with Crippen LogP contribution in [0.15, 0.2) is 66.7 Å². The first-order valence-electron chi connectivity index (χ1n) is 10.3. The molecule has 4 rings (SSSR count). The van der Waals surface area contributed by atoms with E-state index in [0.29, 0.717) is 35.8 Å². The summed E-state index contributed by atoms with van der Waals surface area (Å²) in [6.07, 6.45) is -1.37. The Hall–Kier alpha value is -4.11.